The minimum Gasteiger partial charge on any atom is -0.384 e. The molecule has 1 aromatic carbocycles. The molecule has 2 fully saturated rings. The van der Waals surface area contributed by atoms with E-state index >= 15 is 0 Å². The van der Waals surface area contributed by atoms with Crippen LogP contribution in [-0.4, -0.2) is 21.6 Å². The lowest BCUT2D eigenvalue weighted by Crippen LogP contribution is -2.59. The number of halogens is 2. The van der Waals surface area contributed by atoms with Gasteiger partial charge in [0.2, 0.25) is 0 Å². The number of nitrogens with one attached hydrogen (secondary N) is 1. The van der Waals surface area contributed by atoms with Crippen LogP contribution in [-0.2, 0) is 12.0 Å². The van der Waals surface area contributed by atoms with Crippen molar-refractivity contribution in [3.05, 3.63) is 88.9 Å². The van der Waals surface area contributed by atoms with Gasteiger partial charge in [0.1, 0.15) is 5.60 Å². The molecule has 2 atom stereocenters. The highest BCUT2D eigenvalue weighted by Gasteiger charge is 2.59. The van der Waals surface area contributed by atoms with E-state index in [0.717, 1.165) is 30.3 Å². The maximum absolute atomic E-state index is 13.8. The van der Waals surface area contributed by atoms with Crippen LogP contribution in [0.5, 0.6) is 0 Å². The summed E-state index contributed by atoms with van der Waals surface area (Å²) in [6, 6.07) is 10.5. The first-order chi connectivity index (χ1) is 15.3. The quantitative estimate of drug-likeness (QED) is 0.549. The van der Waals surface area contributed by atoms with Gasteiger partial charge < -0.3 is 10.4 Å². The number of aliphatic hydroxyl groups is 1. The van der Waals surface area contributed by atoms with Crippen molar-refractivity contribution in [3.63, 3.8) is 0 Å². The Morgan fingerprint density at radius 1 is 1.18 bits per heavy atom. The van der Waals surface area contributed by atoms with E-state index in [0.29, 0.717) is 6.42 Å². The molecule has 1 saturated heterocycles. The minimum absolute atomic E-state index is 0.0662. The summed E-state index contributed by atoms with van der Waals surface area (Å²) in [6.07, 6.45) is 3.55. The number of hydrogen-bond acceptors (Lipinski definition) is 3. The zero-order valence-corrected chi connectivity index (χ0v) is 20.0. The summed E-state index contributed by atoms with van der Waals surface area (Å²) in [4.78, 5) is 4.41. The van der Waals surface area contributed by atoms with Gasteiger partial charge in [-0.15, -0.1) is 0 Å². The first kappa shape index (κ1) is 23.6. The molecule has 3 nitrogen and oxygen atoms in total. The highest BCUT2D eigenvalue weighted by atomic mass is 19.3. The lowest BCUT2D eigenvalue weighted by molar-refractivity contribution is -0.229. The average molecular weight is 453 g/mol. The first-order valence-electron chi connectivity index (χ1n) is 11.6. The van der Waals surface area contributed by atoms with Gasteiger partial charge in [-0.2, -0.15) is 0 Å². The summed E-state index contributed by atoms with van der Waals surface area (Å²) in [7, 11) is 0. The predicted octanol–water partition coefficient (Wildman–Crippen LogP) is 5.98. The summed E-state index contributed by atoms with van der Waals surface area (Å²) in [5.41, 5.74) is 5.30. The molecule has 33 heavy (non-hydrogen) atoms. The van der Waals surface area contributed by atoms with Crippen LogP contribution < -0.4 is 5.32 Å². The fourth-order valence-corrected chi connectivity index (χ4v) is 5.76. The zero-order chi connectivity index (χ0) is 24.2. The summed E-state index contributed by atoms with van der Waals surface area (Å²) in [5, 5.41) is 13.9. The van der Waals surface area contributed by atoms with Crippen LogP contribution in [0.4, 0.5) is 8.78 Å². The number of aryl methyl sites for hydroxylation is 1. The Hall–Kier alpha value is -2.53. The molecule has 0 bridgehead atoms. The van der Waals surface area contributed by atoms with Crippen molar-refractivity contribution < 1.29 is 13.9 Å². The van der Waals surface area contributed by atoms with Crippen molar-refractivity contribution in [2.45, 2.75) is 70.4 Å². The SMILES string of the molecule is C=C1C[C@@](C)(c2cccc(Cc3ccc(C)nc3)c2C)NC(=C)C1C1CC(O)(C(C)(F)F)C1. The number of nitrogens with zero attached hydrogens (tertiary/aromatic N) is 1. The standard InChI is InChI=1S/C28H34F2N2O/c1-17-13-26(5,32-20(4)25(17)23-14-28(33,15-23)27(6,29)30)24-9-7-8-22(19(24)3)12-21-11-10-18(2)31-16-21/h7-11,16,23,25,32-33H,1,4,12-15H2,2-3,5-6H3/t23?,25?,26-,28?/m0/s1. The molecule has 2 heterocycles. The van der Waals surface area contributed by atoms with E-state index in [9.17, 15) is 13.9 Å². The van der Waals surface area contributed by atoms with Crippen molar-refractivity contribution in [2.75, 3.05) is 0 Å². The number of alkyl halides is 2. The van der Waals surface area contributed by atoms with Gasteiger partial charge in [0, 0.05) is 30.4 Å². The van der Waals surface area contributed by atoms with E-state index in [1.165, 1.54) is 22.3 Å². The van der Waals surface area contributed by atoms with Gasteiger partial charge >= 0.3 is 0 Å². The Balaban J connectivity index is 1.53. The molecule has 4 rings (SSSR count). The Bertz CT molecular complexity index is 1060. The maximum Gasteiger partial charge on any atom is 0.273 e. The number of pyridine rings is 1. The Labute approximate surface area is 195 Å². The third kappa shape index (κ3) is 4.23. The molecule has 2 aromatic rings. The van der Waals surface area contributed by atoms with Gasteiger partial charge in [-0.05, 0) is 80.7 Å². The Kier molecular flexibility index (Phi) is 5.76. The topological polar surface area (TPSA) is 45.2 Å². The average Bonchev–Trinajstić information content (AvgIpc) is 2.68. The molecule has 2 N–H and O–H groups in total. The molecule has 176 valence electrons. The van der Waals surface area contributed by atoms with Gasteiger partial charge in [-0.3, -0.25) is 4.98 Å². The van der Waals surface area contributed by atoms with Crippen LogP contribution >= 0.6 is 0 Å². The molecule has 5 heteroatoms. The molecule has 2 aliphatic rings. The van der Waals surface area contributed by atoms with Gasteiger partial charge in [0.05, 0.1) is 5.54 Å². The second-order valence-electron chi connectivity index (χ2n) is 10.5. The van der Waals surface area contributed by atoms with E-state index in [-0.39, 0.29) is 30.2 Å². The highest BCUT2D eigenvalue weighted by molar-refractivity contribution is 5.44. The second kappa shape index (κ2) is 8.05. The zero-order valence-electron chi connectivity index (χ0n) is 20.0. The molecule has 1 saturated carbocycles. The number of piperidine rings is 1. The lowest BCUT2D eigenvalue weighted by atomic mass is 9.59. The Morgan fingerprint density at radius 3 is 2.45 bits per heavy atom. The molecule has 1 aliphatic carbocycles. The first-order valence-corrected chi connectivity index (χ1v) is 11.6. The van der Waals surface area contributed by atoms with Crippen molar-refractivity contribution in [3.8, 4) is 0 Å². The van der Waals surface area contributed by atoms with Gasteiger partial charge in [0.25, 0.3) is 5.92 Å². The number of aromatic nitrogens is 1. The summed E-state index contributed by atoms with van der Waals surface area (Å²) in [5.74, 6) is -3.28. The molecular formula is C28H34F2N2O. The summed E-state index contributed by atoms with van der Waals surface area (Å²) >= 11 is 0. The summed E-state index contributed by atoms with van der Waals surface area (Å²) in [6.45, 7) is 15.7. The fourth-order valence-electron chi connectivity index (χ4n) is 5.76. The van der Waals surface area contributed by atoms with Crippen molar-refractivity contribution >= 4 is 0 Å². The van der Waals surface area contributed by atoms with Gasteiger partial charge in [-0.1, -0.05) is 43.0 Å². The normalized spacial score (nSPS) is 30.0. The number of rotatable bonds is 5. The predicted molar refractivity (Wildman–Crippen MR) is 128 cm³/mol. The smallest absolute Gasteiger partial charge is 0.273 e. The van der Waals surface area contributed by atoms with E-state index < -0.39 is 11.5 Å². The largest absolute Gasteiger partial charge is 0.384 e. The van der Waals surface area contributed by atoms with Crippen LogP contribution in [0.1, 0.15) is 61.1 Å². The molecular weight excluding hydrogens is 418 g/mol. The second-order valence-corrected chi connectivity index (χ2v) is 10.5. The molecule has 0 radical (unpaired) electrons. The van der Waals surface area contributed by atoms with Crippen LogP contribution in [0.3, 0.4) is 0 Å². The molecule has 0 spiro atoms. The third-order valence-corrected chi connectivity index (χ3v) is 7.73. The number of benzene rings is 1. The van der Waals surface area contributed by atoms with Crippen molar-refractivity contribution in [2.24, 2.45) is 11.8 Å². The van der Waals surface area contributed by atoms with E-state index in [2.05, 4.69) is 61.6 Å². The maximum atomic E-state index is 13.8. The number of hydrogen-bond donors (Lipinski definition) is 2. The van der Waals surface area contributed by atoms with E-state index in [4.69, 9.17) is 0 Å². The highest BCUT2D eigenvalue weighted by Crippen LogP contribution is 2.55. The molecule has 1 aromatic heterocycles. The summed E-state index contributed by atoms with van der Waals surface area (Å²) < 4.78 is 27.5. The fraction of sp³-hybridized carbons (Fsp3) is 0.464. The van der Waals surface area contributed by atoms with Crippen LogP contribution in [0, 0.1) is 25.7 Å². The minimum atomic E-state index is -3.10. The lowest BCUT2D eigenvalue weighted by Gasteiger charge is -2.53. The van der Waals surface area contributed by atoms with Crippen molar-refractivity contribution in [1.29, 1.82) is 0 Å². The molecule has 1 unspecified atom stereocenters. The van der Waals surface area contributed by atoms with Gasteiger partial charge in [0.15, 0.2) is 0 Å². The monoisotopic (exact) mass is 452 g/mol. The van der Waals surface area contributed by atoms with E-state index in [1.807, 2.05) is 19.2 Å². The Morgan fingerprint density at radius 2 is 1.88 bits per heavy atom. The van der Waals surface area contributed by atoms with Crippen LogP contribution in [0.25, 0.3) is 0 Å². The molecule has 1 aliphatic heterocycles. The van der Waals surface area contributed by atoms with Gasteiger partial charge in [-0.25, -0.2) is 8.78 Å². The molecule has 0 amide bonds. The third-order valence-electron chi connectivity index (χ3n) is 7.73. The van der Waals surface area contributed by atoms with Crippen LogP contribution in [0.2, 0.25) is 0 Å². The number of allylic oxidation sites excluding steroid dienone is 1. The van der Waals surface area contributed by atoms with Crippen LogP contribution in [0.15, 0.2) is 61.0 Å². The van der Waals surface area contributed by atoms with Crippen molar-refractivity contribution in [1.82, 2.24) is 10.3 Å². The van der Waals surface area contributed by atoms with E-state index in [1.54, 1.807) is 0 Å².